The summed E-state index contributed by atoms with van der Waals surface area (Å²) in [6.45, 7) is 1.66. The summed E-state index contributed by atoms with van der Waals surface area (Å²) in [5.74, 6) is -0.728. The molecule has 1 unspecified atom stereocenters. The lowest BCUT2D eigenvalue weighted by atomic mass is 10.0. The van der Waals surface area contributed by atoms with Crippen molar-refractivity contribution >= 4 is 21.4 Å². The van der Waals surface area contributed by atoms with Crippen LogP contribution in [0.3, 0.4) is 0 Å². The molecule has 12 heteroatoms. The van der Waals surface area contributed by atoms with E-state index in [1.165, 1.54) is 14.0 Å². The minimum atomic E-state index is -4.60. The average Bonchev–Trinajstić information content (AvgIpc) is 2.70. The standard InChI is InChI=1S/C19H22F3N3O5S/c1-18(27,7-8-30-2)11-25-17(26)16-15(23)9-14(10-24-16)31(28,29)13-5-3-12(4-6-13)19(20,21)22/h3-6,9-10,27H,7-8,11,23H2,1-2H3,(H,25,26). The van der Waals surface area contributed by atoms with E-state index in [2.05, 4.69) is 10.3 Å². The number of methoxy groups -OCH3 is 1. The van der Waals surface area contributed by atoms with Crippen molar-refractivity contribution in [1.29, 1.82) is 0 Å². The SMILES string of the molecule is COCCC(C)(O)CNC(=O)c1ncc(S(=O)(=O)c2ccc(C(F)(F)F)cc2)cc1N. The predicted octanol–water partition coefficient (Wildman–Crippen LogP) is 2.03. The summed E-state index contributed by atoms with van der Waals surface area (Å²) in [6, 6.07) is 3.97. The van der Waals surface area contributed by atoms with Crippen molar-refractivity contribution in [1.82, 2.24) is 10.3 Å². The summed E-state index contributed by atoms with van der Waals surface area (Å²) in [4.78, 5) is 15.3. The van der Waals surface area contributed by atoms with Crippen LogP contribution in [0.5, 0.6) is 0 Å². The zero-order chi connectivity index (χ0) is 23.4. The molecule has 0 saturated heterocycles. The number of aliphatic hydroxyl groups is 1. The van der Waals surface area contributed by atoms with Crippen LogP contribution in [0.4, 0.5) is 18.9 Å². The molecule has 2 rings (SSSR count). The minimum absolute atomic E-state index is 0.123. The number of halogens is 3. The quantitative estimate of drug-likeness (QED) is 0.548. The Bertz CT molecular complexity index is 1040. The third kappa shape index (κ3) is 6.15. The maximum atomic E-state index is 12.7. The van der Waals surface area contributed by atoms with Gasteiger partial charge in [-0.1, -0.05) is 0 Å². The Kier molecular flexibility index (Phi) is 7.29. The average molecular weight is 461 g/mol. The number of anilines is 1. The Labute approximate surface area is 177 Å². The number of carbonyl (C=O) groups is 1. The normalized spacial score (nSPS) is 14.1. The number of amides is 1. The molecule has 4 N–H and O–H groups in total. The van der Waals surface area contributed by atoms with Crippen molar-refractivity contribution < 1.29 is 36.2 Å². The summed E-state index contributed by atoms with van der Waals surface area (Å²) in [7, 11) is -2.74. The van der Waals surface area contributed by atoms with E-state index in [1.807, 2.05) is 0 Å². The fourth-order valence-electron chi connectivity index (χ4n) is 2.52. The molecule has 0 spiro atoms. The molecule has 0 aliphatic carbocycles. The lowest BCUT2D eigenvalue weighted by molar-refractivity contribution is -0.137. The van der Waals surface area contributed by atoms with Gasteiger partial charge in [0.25, 0.3) is 5.91 Å². The van der Waals surface area contributed by atoms with Crippen LogP contribution in [0.2, 0.25) is 0 Å². The van der Waals surface area contributed by atoms with Gasteiger partial charge >= 0.3 is 6.18 Å². The van der Waals surface area contributed by atoms with Crippen molar-refractivity contribution in [2.75, 3.05) is 26.0 Å². The Morgan fingerprint density at radius 1 is 1.23 bits per heavy atom. The molecule has 0 fully saturated rings. The summed E-state index contributed by atoms with van der Waals surface area (Å²) < 4.78 is 68.2. The zero-order valence-corrected chi connectivity index (χ0v) is 17.5. The van der Waals surface area contributed by atoms with Crippen molar-refractivity contribution in [3.05, 3.63) is 47.8 Å². The van der Waals surface area contributed by atoms with E-state index in [1.54, 1.807) is 0 Å². The Balaban J connectivity index is 2.20. The molecule has 0 aliphatic heterocycles. The van der Waals surface area contributed by atoms with Gasteiger partial charge in [0.2, 0.25) is 9.84 Å². The first kappa shape index (κ1) is 24.6. The van der Waals surface area contributed by atoms with E-state index in [0.717, 1.165) is 24.4 Å². The largest absolute Gasteiger partial charge is 0.416 e. The highest BCUT2D eigenvalue weighted by atomic mass is 32.2. The monoisotopic (exact) mass is 461 g/mol. The van der Waals surface area contributed by atoms with Gasteiger partial charge in [0, 0.05) is 32.9 Å². The molecule has 31 heavy (non-hydrogen) atoms. The Morgan fingerprint density at radius 3 is 2.35 bits per heavy atom. The smallest absolute Gasteiger partial charge is 0.397 e. The van der Waals surface area contributed by atoms with Gasteiger partial charge in [-0.15, -0.1) is 0 Å². The Hall–Kier alpha value is -2.70. The second-order valence-corrected chi connectivity index (χ2v) is 9.01. The van der Waals surface area contributed by atoms with E-state index < -0.39 is 33.1 Å². The Morgan fingerprint density at radius 2 is 1.84 bits per heavy atom. The van der Waals surface area contributed by atoms with E-state index in [-0.39, 0.29) is 40.7 Å². The number of nitrogens with two attached hydrogens (primary N) is 1. The van der Waals surface area contributed by atoms with Gasteiger partial charge in [0.05, 0.1) is 26.6 Å². The molecule has 0 saturated carbocycles. The number of nitrogens with zero attached hydrogens (tertiary/aromatic N) is 1. The maximum Gasteiger partial charge on any atom is 0.416 e. The molecule has 0 radical (unpaired) electrons. The number of rotatable bonds is 8. The minimum Gasteiger partial charge on any atom is -0.397 e. The molecular weight excluding hydrogens is 439 g/mol. The van der Waals surface area contributed by atoms with Crippen molar-refractivity contribution in [2.45, 2.75) is 34.9 Å². The van der Waals surface area contributed by atoms with Gasteiger partial charge in [-0.3, -0.25) is 4.79 Å². The second kappa shape index (κ2) is 9.20. The van der Waals surface area contributed by atoms with Crippen LogP contribution >= 0.6 is 0 Å². The van der Waals surface area contributed by atoms with Crippen LogP contribution in [0.25, 0.3) is 0 Å². The number of sulfone groups is 1. The zero-order valence-electron chi connectivity index (χ0n) is 16.7. The summed E-state index contributed by atoms with van der Waals surface area (Å²) in [6.07, 6.45) is -3.45. The summed E-state index contributed by atoms with van der Waals surface area (Å²) in [5.41, 5.74) is 3.04. The number of alkyl halides is 3. The first-order valence-corrected chi connectivity index (χ1v) is 10.4. The third-order valence-electron chi connectivity index (χ3n) is 4.38. The lowest BCUT2D eigenvalue weighted by Gasteiger charge is -2.23. The molecule has 0 bridgehead atoms. The van der Waals surface area contributed by atoms with Crippen LogP contribution in [0, 0.1) is 0 Å². The molecule has 1 heterocycles. The molecule has 1 amide bonds. The number of hydrogen-bond donors (Lipinski definition) is 3. The van der Waals surface area contributed by atoms with Crippen LogP contribution in [0.15, 0.2) is 46.3 Å². The van der Waals surface area contributed by atoms with E-state index in [0.29, 0.717) is 12.1 Å². The molecule has 170 valence electrons. The number of carbonyl (C=O) groups excluding carboxylic acids is 1. The van der Waals surface area contributed by atoms with Gasteiger partial charge in [-0.2, -0.15) is 13.2 Å². The van der Waals surface area contributed by atoms with Gasteiger partial charge in [-0.05, 0) is 37.3 Å². The van der Waals surface area contributed by atoms with Crippen molar-refractivity contribution in [3.8, 4) is 0 Å². The van der Waals surface area contributed by atoms with Gasteiger partial charge in [0.15, 0.2) is 5.69 Å². The van der Waals surface area contributed by atoms with Crippen LogP contribution in [-0.4, -0.2) is 50.3 Å². The predicted molar refractivity (Wildman–Crippen MR) is 105 cm³/mol. The van der Waals surface area contributed by atoms with Gasteiger partial charge < -0.3 is 20.9 Å². The number of nitrogen functional groups attached to an aromatic ring is 1. The fraction of sp³-hybridized carbons (Fsp3) is 0.368. The third-order valence-corrected chi connectivity index (χ3v) is 6.12. The first-order chi connectivity index (χ1) is 14.3. The first-order valence-electron chi connectivity index (χ1n) is 8.95. The van der Waals surface area contributed by atoms with E-state index in [9.17, 15) is 31.5 Å². The lowest BCUT2D eigenvalue weighted by Crippen LogP contribution is -2.41. The van der Waals surface area contributed by atoms with Crippen LogP contribution in [0.1, 0.15) is 29.4 Å². The maximum absolute atomic E-state index is 12.7. The summed E-state index contributed by atoms with van der Waals surface area (Å²) >= 11 is 0. The molecular formula is C19H22F3N3O5S. The molecule has 1 atom stereocenters. The number of ether oxygens (including phenoxy) is 1. The molecule has 1 aromatic carbocycles. The summed E-state index contributed by atoms with van der Waals surface area (Å²) in [5, 5.41) is 12.6. The number of aromatic nitrogens is 1. The van der Waals surface area contributed by atoms with Gasteiger partial charge in [0.1, 0.15) is 0 Å². The molecule has 2 aromatic rings. The van der Waals surface area contributed by atoms with Crippen molar-refractivity contribution in [3.63, 3.8) is 0 Å². The highest BCUT2D eigenvalue weighted by Crippen LogP contribution is 2.31. The molecule has 1 aromatic heterocycles. The fourth-order valence-corrected chi connectivity index (χ4v) is 3.76. The molecule has 8 nitrogen and oxygen atoms in total. The number of hydrogen-bond acceptors (Lipinski definition) is 7. The number of benzene rings is 1. The van der Waals surface area contributed by atoms with E-state index in [4.69, 9.17) is 10.5 Å². The number of pyridine rings is 1. The molecule has 0 aliphatic rings. The highest BCUT2D eigenvalue weighted by molar-refractivity contribution is 7.91. The highest BCUT2D eigenvalue weighted by Gasteiger charge is 2.31. The van der Waals surface area contributed by atoms with Crippen molar-refractivity contribution in [2.24, 2.45) is 0 Å². The van der Waals surface area contributed by atoms with Crippen LogP contribution in [-0.2, 0) is 20.8 Å². The van der Waals surface area contributed by atoms with Gasteiger partial charge in [-0.25, -0.2) is 13.4 Å². The van der Waals surface area contributed by atoms with E-state index >= 15 is 0 Å². The van der Waals surface area contributed by atoms with Crippen LogP contribution < -0.4 is 11.1 Å². The second-order valence-electron chi connectivity index (χ2n) is 7.06. The number of nitrogens with one attached hydrogen (secondary N) is 1. The topological polar surface area (TPSA) is 132 Å².